The maximum absolute atomic E-state index is 14.3. The fourth-order valence-corrected chi connectivity index (χ4v) is 3.48. The Morgan fingerprint density at radius 3 is 2.60 bits per heavy atom. The van der Waals surface area contributed by atoms with Crippen LogP contribution in [-0.4, -0.2) is 23.1 Å². The van der Waals surface area contributed by atoms with Gasteiger partial charge in [0.15, 0.2) is 5.82 Å². The van der Waals surface area contributed by atoms with Crippen molar-refractivity contribution in [2.24, 2.45) is 5.92 Å². The average molecular weight is 356 g/mol. The van der Waals surface area contributed by atoms with Gasteiger partial charge in [-0.25, -0.2) is 14.4 Å². The number of rotatable bonds is 2. The summed E-state index contributed by atoms with van der Waals surface area (Å²) in [5.74, 6) is 1.68. The normalized spacial score (nSPS) is 15.7. The molecule has 0 bridgehead atoms. The highest BCUT2D eigenvalue weighted by Crippen LogP contribution is 2.32. The van der Waals surface area contributed by atoms with E-state index < -0.39 is 0 Å². The van der Waals surface area contributed by atoms with Gasteiger partial charge in [0.25, 0.3) is 0 Å². The SMILES string of the molecule is CC1CCN(c2nc(-c3ccccc3F)nc3cc(Cl)ccc23)CC1. The molecule has 4 rings (SSSR count). The maximum atomic E-state index is 14.3. The van der Waals surface area contributed by atoms with Crippen LogP contribution >= 0.6 is 11.6 Å². The number of halogens is 2. The topological polar surface area (TPSA) is 29.0 Å². The van der Waals surface area contributed by atoms with Crippen LogP contribution in [0.2, 0.25) is 5.02 Å². The Bertz CT molecular complexity index is 920. The van der Waals surface area contributed by atoms with Crippen LogP contribution in [0.15, 0.2) is 42.5 Å². The number of nitrogens with zero attached hydrogens (tertiary/aromatic N) is 3. The quantitative estimate of drug-likeness (QED) is 0.622. The maximum Gasteiger partial charge on any atom is 0.165 e. The third-order valence-corrected chi connectivity index (χ3v) is 5.07. The summed E-state index contributed by atoms with van der Waals surface area (Å²) in [6, 6.07) is 12.2. The van der Waals surface area contributed by atoms with Gasteiger partial charge in [-0.05, 0) is 49.1 Å². The van der Waals surface area contributed by atoms with Gasteiger partial charge in [0.05, 0.1) is 11.1 Å². The molecule has 1 aromatic heterocycles. The minimum Gasteiger partial charge on any atom is -0.356 e. The molecule has 5 heteroatoms. The van der Waals surface area contributed by atoms with Crippen LogP contribution in [0.4, 0.5) is 10.2 Å². The minimum absolute atomic E-state index is 0.318. The van der Waals surface area contributed by atoms with Gasteiger partial charge in [-0.1, -0.05) is 30.7 Å². The molecule has 0 N–H and O–H groups in total. The highest BCUT2D eigenvalue weighted by atomic mass is 35.5. The molecule has 1 fully saturated rings. The van der Waals surface area contributed by atoms with Gasteiger partial charge in [-0.3, -0.25) is 0 Å². The Morgan fingerprint density at radius 2 is 1.84 bits per heavy atom. The molecular weight excluding hydrogens is 337 g/mol. The van der Waals surface area contributed by atoms with Gasteiger partial charge < -0.3 is 4.90 Å². The number of hydrogen-bond acceptors (Lipinski definition) is 3. The average Bonchev–Trinajstić information content (AvgIpc) is 2.61. The first kappa shape index (κ1) is 16.3. The van der Waals surface area contributed by atoms with Gasteiger partial charge in [0.1, 0.15) is 11.6 Å². The molecule has 2 aromatic carbocycles. The van der Waals surface area contributed by atoms with Gasteiger partial charge in [-0.2, -0.15) is 0 Å². The smallest absolute Gasteiger partial charge is 0.165 e. The molecule has 0 aliphatic carbocycles. The molecule has 2 heterocycles. The standard InChI is InChI=1S/C20H19ClFN3/c1-13-8-10-25(11-9-13)20-16-7-6-14(21)12-18(16)23-19(24-20)15-4-2-3-5-17(15)22/h2-7,12-13H,8-11H2,1H3. The Kier molecular flexibility index (Phi) is 4.30. The van der Waals surface area contributed by atoms with Crippen molar-refractivity contribution in [2.75, 3.05) is 18.0 Å². The third-order valence-electron chi connectivity index (χ3n) is 4.84. The van der Waals surface area contributed by atoms with Crippen molar-refractivity contribution in [3.8, 4) is 11.4 Å². The lowest BCUT2D eigenvalue weighted by molar-refractivity contribution is 0.437. The van der Waals surface area contributed by atoms with E-state index in [0.29, 0.717) is 16.4 Å². The zero-order chi connectivity index (χ0) is 17.4. The summed E-state index contributed by atoms with van der Waals surface area (Å²) >= 11 is 6.16. The summed E-state index contributed by atoms with van der Waals surface area (Å²) in [7, 11) is 0. The number of benzene rings is 2. The highest BCUT2D eigenvalue weighted by molar-refractivity contribution is 6.31. The van der Waals surface area contributed by atoms with E-state index in [4.69, 9.17) is 16.6 Å². The first-order valence-electron chi connectivity index (χ1n) is 8.59. The van der Waals surface area contributed by atoms with Crippen molar-refractivity contribution < 1.29 is 4.39 Å². The summed E-state index contributed by atoms with van der Waals surface area (Å²) in [6.45, 7) is 4.18. The van der Waals surface area contributed by atoms with Gasteiger partial charge in [0, 0.05) is 23.5 Å². The summed E-state index contributed by atoms with van der Waals surface area (Å²) in [5, 5.41) is 1.57. The first-order chi connectivity index (χ1) is 12.1. The van der Waals surface area contributed by atoms with E-state index in [1.165, 1.54) is 6.07 Å². The second kappa shape index (κ2) is 6.60. The van der Waals surface area contributed by atoms with Crippen LogP contribution in [0, 0.1) is 11.7 Å². The van der Waals surface area contributed by atoms with E-state index in [1.54, 1.807) is 18.2 Å². The zero-order valence-electron chi connectivity index (χ0n) is 14.0. The second-order valence-electron chi connectivity index (χ2n) is 6.68. The lowest BCUT2D eigenvalue weighted by atomic mass is 9.99. The fourth-order valence-electron chi connectivity index (χ4n) is 3.31. The Hall–Kier alpha value is -2.20. The van der Waals surface area contributed by atoms with Crippen molar-refractivity contribution in [3.63, 3.8) is 0 Å². The molecule has 3 nitrogen and oxygen atoms in total. The number of anilines is 1. The van der Waals surface area contributed by atoms with Crippen LogP contribution in [0.3, 0.4) is 0 Å². The fraction of sp³-hybridized carbons (Fsp3) is 0.300. The van der Waals surface area contributed by atoms with E-state index in [2.05, 4.69) is 16.8 Å². The number of piperidine rings is 1. The lowest BCUT2D eigenvalue weighted by Crippen LogP contribution is -2.33. The van der Waals surface area contributed by atoms with Crippen molar-refractivity contribution in [2.45, 2.75) is 19.8 Å². The van der Waals surface area contributed by atoms with E-state index in [0.717, 1.165) is 48.6 Å². The van der Waals surface area contributed by atoms with Gasteiger partial charge >= 0.3 is 0 Å². The predicted molar refractivity (Wildman–Crippen MR) is 101 cm³/mol. The number of hydrogen-bond donors (Lipinski definition) is 0. The molecule has 1 aliphatic heterocycles. The van der Waals surface area contributed by atoms with E-state index in [1.807, 2.05) is 18.2 Å². The molecule has 0 amide bonds. The molecule has 0 spiro atoms. The van der Waals surface area contributed by atoms with Gasteiger partial charge in [0.2, 0.25) is 0 Å². The van der Waals surface area contributed by atoms with Crippen molar-refractivity contribution >= 4 is 28.3 Å². The molecule has 3 aromatic rings. The van der Waals surface area contributed by atoms with Crippen LogP contribution in [0.25, 0.3) is 22.3 Å². The largest absolute Gasteiger partial charge is 0.356 e. The Morgan fingerprint density at radius 1 is 1.08 bits per heavy atom. The lowest BCUT2D eigenvalue weighted by Gasteiger charge is -2.32. The molecular formula is C20H19ClFN3. The Balaban J connectivity index is 1.89. The van der Waals surface area contributed by atoms with E-state index >= 15 is 0 Å². The molecule has 0 radical (unpaired) electrons. The highest BCUT2D eigenvalue weighted by Gasteiger charge is 2.21. The molecule has 0 unspecified atom stereocenters. The summed E-state index contributed by atoms with van der Waals surface area (Å²) in [4.78, 5) is 11.6. The Labute approximate surface area is 151 Å². The number of aromatic nitrogens is 2. The summed E-state index contributed by atoms with van der Waals surface area (Å²) in [5.41, 5.74) is 1.16. The molecule has 0 saturated carbocycles. The summed E-state index contributed by atoms with van der Waals surface area (Å²) < 4.78 is 14.3. The molecule has 1 saturated heterocycles. The van der Waals surface area contributed by atoms with Crippen molar-refractivity contribution in [1.82, 2.24) is 9.97 Å². The second-order valence-corrected chi connectivity index (χ2v) is 7.12. The van der Waals surface area contributed by atoms with Crippen LogP contribution in [-0.2, 0) is 0 Å². The monoisotopic (exact) mass is 355 g/mol. The van der Waals surface area contributed by atoms with E-state index in [-0.39, 0.29) is 5.82 Å². The molecule has 128 valence electrons. The van der Waals surface area contributed by atoms with Gasteiger partial charge in [-0.15, -0.1) is 0 Å². The van der Waals surface area contributed by atoms with E-state index in [9.17, 15) is 4.39 Å². The third kappa shape index (κ3) is 3.19. The van der Waals surface area contributed by atoms with Crippen LogP contribution < -0.4 is 4.90 Å². The minimum atomic E-state index is -0.318. The van der Waals surface area contributed by atoms with Crippen molar-refractivity contribution in [3.05, 3.63) is 53.3 Å². The number of fused-ring (bicyclic) bond motifs is 1. The zero-order valence-corrected chi connectivity index (χ0v) is 14.8. The van der Waals surface area contributed by atoms with Crippen molar-refractivity contribution in [1.29, 1.82) is 0 Å². The summed E-state index contributed by atoms with van der Waals surface area (Å²) in [6.07, 6.45) is 2.27. The molecule has 25 heavy (non-hydrogen) atoms. The predicted octanol–water partition coefficient (Wildman–Crippen LogP) is 5.33. The molecule has 1 aliphatic rings. The first-order valence-corrected chi connectivity index (χ1v) is 8.97. The molecule has 0 atom stereocenters. The van der Waals surface area contributed by atoms with Crippen LogP contribution in [0.5, 0.6) is 0 Å². The van der Waals surface area contributed by atoms with Crippen LogP contribution in [0.1, 0.15) is 19.8 Å².